The minimum Gasteiger partial charge on any atom is -0.360 e. The van der Waals surface area contributed by atoms with Crippen LogP contribution in [0.25, 0.3) is 0 Å². The lowest BCUT2D eigenvalue weighted by atomic mass is 9.80. The van der Waals surface area contributed by atoms with E-state index in [1.807, 2.05) is 0 Å². The lowest BCUT2D eigenvalue weighted by molar-refractivity contribution is -0.226. The molecule has 26 heavy (non-hydrogen) atoms. The second-order valence-corrected chi connectivity index (χ2v) is 8.84. The summed E-state index contributed by atoms with van der Waals surface area (Å²) in [4.78, 5) is 13.9. The van der Waals surface area contributed by atoms with Crippen LogP contribution in [0.1, 0.15) is 19.3 Å². The maximum Gasteiger partial charge on any atom is 0.396 e. The summed E-state index contributed by atoms with van der Waals surface area (Å²) >= 11 is 0. The summed E-state index contributed by atoms with van der Waals surface area (Å²) in [5.74, 6) is -1.31. The van der Waals surface area contributed by atoms with E-state index in [4.69, 9.17) is 0 Å². The number of amides is 1. The topological polar surface area (TPSA) is 78.5 Å². The largest absolute Gasteiger partial charge is 0.396 e. The van der Waals surface area contributed by atoms with Crippen molar-refractivity contribution in [1.82, 2.24) is 9.62 Å². The van der Waals surface area contributed by atoms with E-state index in [1.54, 1.807) is 12.1 Å². The highest BCUT2D eigenvalue weighted by atomic mass is 32.2. The van der Waals surface area contributed by atoms with Gasteiger partial charge >= 0.3 is 6.18 Å². The minimum absolute atomic E-state index is 0.000101. The summed E-state index contributed by atoms with van der Waals surface area (Å²) in [6.45, 7) is -0.415. The number of nitrogens with zero attached hydrogens (tertiary/aromatic N) is 1. The van der Waals surface area contributed by atoms with Gasteiger partial charge in [0.1, 0.15) is 4.90 Å². The molecule has 1 aliphatic carbocycles. The van der Waals surface area contributed by atoms with Crippen LogP contribution >= 0.6 is 0 Å². The molecule has 1 saturated carbocycles. The van der Waals surface area contributed by atoms with Gasteiger partial charge in [-0.1, -0.05) is 18.6 Å². The number of halogens is 3. The third-order valence-electron chi connectivity index (χ3n) is 5.74. The molecule has 4 rings (SSSR count). The van der Waals surface area contributed by atoms with Gasteiger partial charge in [0, 0.05) is 13.1 Å². The van der Waals surface area contributed by atoms with Crippen molar-refractivity contribution in [2.24, 2.45) is 11.3 Å². The van der Waals surface area contributed by atoms with Gasteiger partial charge in [0.05, 0.1) is 11.1 Å². The van der Waals surface area contributed by atoms with E-state index in [1.165, 1.54) is 12.1 Å². The van der Waals surface area contributed by atoms with Crippen molar-refractivity contribution in [2.45, 2.75) is 36.5 Å². The van der Waals surface area contributed by atoms with Crippen molar-refractivity contribution in [3.63, 3.8) is 0 Å². The molecule has 1 amide bonds. The predicted octanol–water partition coefficient (Wildman–Crippen LogP) is 1.91. The number of likely N-dealkylation sites (tertiary alicyclic amines) is 1. The zero-order valence-electron chi connectivity index (χ0n) is 13.7. The Morgan fingerprint density at radius 3 is 2.69 bits per heavy atom. The summed E-state index contributed by atoms with van der Waals surface area (Å²) in [6.07, 6.45) is -4.75. The second-order valence-electron chi connectivity index (χ2n) is 7.16. The van der Waals surface area contributed by atoms with E-state index in [0.717, 1.165) is 4.90 Å². The van der Waals surface area contributed by atoms with Crippen molar-refractivity contribution < 1.29 is 26.4 Å². The summed E-state index contributed by atoms with van der Waals surface area (Å²) in [6, 6.07) is 6.08. The fraction of sp³-hybridized carbons (Fsp3) is 0.562. The monoisotopic (exact) mass is 389 g/mol. The molecule has 2 aliphatic heterocycles. The number of hydrogen-bond donors (Lipinski definition) is 2. The SMILES string of the molecule is O=C(C1Nc2ccccc2S(=O)(=O)N1)N1C[C@@H]2CCC[C@]2(C(F)(F)F)C1. The first kappa shape index (κ1) is 17.6. The fourth-order valence-electron chi connectivity index (χ4n) is 4.44. The Hall–Kier alpha value is -1.81. The van der Waals surface area contributed by atoms with Gasteiger partial charge in [-0.3, -0.25) is 4.79 Å². The molecular formula is C16H18F3N3O3S. The van der Waals surface area contributed by atoms with Crippen LogP contribution in [0.5, 0.6) is 0 Å². The number of alkyl halides is 3. The maximum absolute atomic E-state index is 13.6. The minimum atomic E-state index is -4.38. The van der Waals surface area contributed by atoms with Crippen LogP contribution in [-0.2, 0) is 14.8 Å². The van der Waals surface area contributed by atoms with Gasteiger partial charge in [0.25, 0.3) is 5.91 Å². The van der Waals surface area contributed by atoms with E-state index in [0.29, 0.717) is 12.8 Å². The molecule has 1 unspecified atom stereocenters. The Balaban J connectivity index is 1.59. The van der Waals surface area contributed by atoms with E-state index >= 15 is 0 Å². The van der Waals surface area contributed by atoms with Gasteiger partial charge in [-0.2, -0.15) is 17.9 Å². The van der Waals surface area contributed by atoms with Crippen molar-refractivity contribution in [3.8, 4) is 0 Å². The molecule has 0 aromatic heterocycles. The molecule has 3 aliphatic rings. The highest BCUT2D eigenvalue weighted by molar-refractivity contribution is 7.89. The third kappa shape index (κ3) is 2.50. The number of rotatable bonds is 1. The molecule has 2 heterocycles. The molecule has 142 valence electrons. The number of benzene rings is 1. The lowest BCUT2D eigenvalue weighted by Crippen LogP contribution is -2.55. The average Bonchev–Trinajstić information content (AvgIpc) is 3.11. The number of para-hydroxylation sites is 1. The Morgan fingerprint density at radius 1 is 1.27 bits per heavy atom. The first-order valence-corrected chi connectivity index (χ1v) is 9.86. The van der Waals surface area contributed by atoms with Gasteiger partial charge in [0.15, 0.2) is 6.17 Å². The fourth-order valence-corrected chi connectivity index (χ4v) is 5.71. The van der Waals surface area contributed by atoms with Crippen LogP contribution in [0.4, 0.5) is 18.9 Å². The summed E-state index contributed by atoms with van der Waals surface area (Å²) < 4.78 is 67.8. The van der Waals surface area contributed by atoms with Crippen molar-refractivity contribution in [1.29, 1.82) is 0 Å². The lowest BCUT2D eigenvalue weighted by Gasteiger charge is -2.33. The number of anilines is 1. The molecule has 3 atom stereocenters. The highest BCUT2D eigenvalue weighted by Gasteiger charge is 2.65. The second kappa shape index (κ2) is 5.59. The Labute approximate surface area is 148 Å². The zero-order valence-corrected chi connectivity index (χ0v) is 14.5. The van der Waals surface area contributed by atoms with Gasteiger partial charge in [0.2, 0.25) is 10.0 Å². The predicted molar refractivity (Wildman–Crippen MR) is 86.6 cm³/mol. The normalized spacial score (nSPS) is 32.7. The average molecular weight is 389 g/mol. The highest BCUT2D eigenvalue weighted by Crippen LogP contribution is 2.57. The summed E-state index contributed by atoms with van der Waals surface area (Å²) in [5, 5.41) is 2.78. The van der Waals surface area contributed by atoms with Crippen LogP contribution in [0.2, 0.25) is 0 Å². The standard InChI is InChI=1S/C16H18F3N3O3S/c17-16(18,19)15-7-3-4-10(15)8-22(9-15)14(23)13-20-11-5-1-2-6-12(11)26(24,25)21-13/h1-2,5-6,10,13,20-21H,3-4,7-9H2/t10-,13?,15-/m0/s1. The number of carbonyl (C=O) groups excluding carboxylic acids is 1. The summed E-state index contributed by atoms with van der Waals surface area (Å²) in [5.41, 5.74) is -1.61. The van der Waals surface area contributed by atoms with Crippen LogP contribution in [0.15, 0.2) is 29.2 Å². The first-order chi connectivity index (χ1) is 12.1. The number of sulfonamides is 1. The zero-order chi connectivity index (χ0) is 18.7. The van der Waals surface area contributed by atoms with Crippen LogP contribution in [-0.4, -0.2) is 44.7 Å². The van der Waals surface area contributed by atoms with Gasteiger partial charge < -0.3 is 10.2 Å². The van der Waals surface area contributed by atoms with E-state index < -0.39 is 46.2 Å². The maximum atomic E-state index is 13.6. The van der Waals surface area contributed by atoms with E-state index in [9.17, 15) is 26.4 Å². The smallest absolute Gasteiger partial charge is 0.360 e. The number of fused-ring (bicyclic) bond motifs is 2. The third-order valence-corrected chi connectivity index (χ3v) is 7.22. The van der Waals surface area contributed by atoms with Crippen LogP contribution in [0.3, 0.4) is 0 Å². The van der Waals surface area contributed by atoms with Gasteiger partial charge in [-0.15, -0.1) is 0 Å². The molecule has 0 radical (unpaired) electrons. The Morgan fingerprint density at radius 2 is 2.00 bits per heavy atom. The van der Waals surface area contributed by atoms with E-state index in [-0.39, 0.29) is 23.5 Å². The molecule has 2 N–H and O–H groups in total. The number of nitrogens with one attached hydrogen (secondary N) is 2. The van der Waals surface area contributed by atoms with Gasteiger partial charge in [-0.05, 0) is 30.9 Å². The summed E-state index contributed by atoms with van der Waals surface area (Å²) in [7, 11) is -3.91. The van der Waals surface area contributed by atoms with Crippen molar-refractivity contribution in [2.75, 3.05) is 18.4 Å². The molecule has 0 bridgehead atoms. The molecule has 1 saturated heterocycles. The molecule has 1 aromatic carbocycles. The Kier molecular flexibility index (Phi) is 3.78. The molecular weight excluding hydrogens is 371 g/mol. The first-order valence-electron chi connectivity index (χ1n) is 8.37. The van der Waals surface area contributed by atoms with Crippen LogP contribution < -0.4 is 10.0 Å². The Bertz CT molecular complexity index is 858. The molecule has 0 spiro atoms. The number of hydrogen-bond acceptors (Lipinski definition) is 4. The molecule has 6 nitrogen and oxygen atoms in total. The molecule has 10 heteroatoms. The molecule has 2 fully saturated rings. The van der Waals surface area contributed by atoms with Gasteiger partial charge in [-0.25, -0.2) is 8.42 Å². The van der Waals surface area contributed by atoms with Crippen molar-refractivity contribution >= 4 is 21.6 Å². The number of carbonyl (C=O) groups is 1. The van der Waals surface area contributed by atoms with Crippen molar-refractivity contribution in [3.05, 3.63) is 24.3 Å². The quantitative estimate of drug-likeness (QED) is 0.769. The van der Waals surface area contributed by atoms with E-state index in [2.05, 4.69) is 10.0 Å². The molecule has 1 aromatic rings. The van der Waals surface area contributed by atoms with Crippen LogP contribution in [0, 0.1) is 11.3 Å².